The largest absolute Gasteiger partial charge is 0.508 e. The molecular formula is C36H29BrCl2N2O6. The van der Waals surface area contributed by atoms with Crippen molar-refractivity contribution < 1.29 is 29.0 Å². The molecule has 2 aliphatic heterocycles. The number of carbonyl (C=O) groups excluding carboxylic acids is 4. The number of carbonyl (C=O) groups is 4. The summed E-state index contributed by atoms with van der Waals surface area (Å²) in [6.07, 6.45) is 3.57. The van der Waals surface area contributed by atoms with Crippen LogP contribution in [0.2, 0.25) is 0 Å². The number of imide groups is 2. The number of anilines is 1. The second-order valence-electron chi connectivity index (χ2n) is 12.3. The molecule has 1 N–H and O–H groups in total. The number of aromatic hydroxyl groups is 1. The number of phenols is 1. The van der Waals surface area contributed by atoms with Crippen molar-refractivity contribution in [1.82, 2.24) is 4.90 Å². The Morgan fingerprint density at radius 1 is 0.957 bits per heavy atom. The molecule has 0 spiro atoms. The molecule has 3 fully saturated rings. The van der Waals surface area contributed by atoms with Crippen LogP contribution in [0.4, 0.5) is 5.69 Å². The molecule has 6 atom stereocenters. The fourth-order valence-electron chi connectivity index (χ4n) is 7.71. The molecular weight excluding hydrogens is 707 g/mol. The van der Waals surface area contributed by atoms with Crippen LogP contribution < -0.4 is 9.64 Å². The zero-order chi connectivity index (χ0) is 33.2. The molecule has 7 rings (SSSR count). The SMILES string of the molecule is C=Cc1ccc(N2C(=O)[C@H]3[C@H](CC=C4[C@H]3C[C@@]3(Cl)C(=O)N(CBr)C(=O)[C@@]3(Cl)[C@H]4c3ccc(OCc4ccccc4)cc3O)C2=O)cc1. The highest BCUT2D eigenvalue weighted by Crippen LogP contribution is 2.66. The summed E-state index contributed by atoms with van der Waals surface area (Å²) in [4.78, 5) is 54.1. The average Bonchev–Trinajstić information content (AvgIpc) is 3.42. The second kappa shape index (κ2) is 11.6. The van der Waals surface area contributed by atoms with Gasteiger partial charge in [0, 0.05) is 17.5 Å². The van der Waals surface area contributed by atoms with Crippen LogP contribution >= 0.6 is 39.1 Å². The van der Waals surface area contributed by atoms with E-state index in [1.807, 2.05) is 36.4 Å². The van der Waals surface area contributed by atoms with Crippen LogP contribution in [-0.2, 0) is 25.8 Å². The van der Waals surface area contributed by atoms with E-state index in [9.17, 15) is 24.3 Å². The molecule has 47 heavy (non-hydrogen) atoms. The van der Waals surface area contributed by atoms with Crippen molar-refractivity contribution in [3.8, 4) is 11.5 Å². The third-order valence-corrected chi connectivity index (χ3v) is 11.9. The van der Waals surface area contributed by atoms with Gasteiger partial charge in [0.05, 0.1) is 23.0 Å². The number of allylic oxidation sites excluding steroid dienone is 2. The molecule has 0 bridgehead atoms. The lowest BCUT2D eigenvalue weighted by atomic mass is 9.56. The van der Waals surface area contributed by atoms with Crippen LogP contribution in [0, 0.1) is 17.8 Å². The molecule has 0 unspecified atom stereocenters. The maximum absolute atomic E-state index is 14.2. The maximum atomic E-state index is 14.2. The van der Waals surface area contributed by atoms with Gasteiger partial charge in [0.2, 0.25) is 11.8 Å². The molecule has 4 amide bonds. The van der Waals surface area contributed by atoms with Gasteiger partial charge < -0.3 is 9.84 Å². The van der Waals surface area contributed by atoms with E-state index in [0.29, 0.717) is 17.0 Å². The van der Waals surface area contributed by atoms with Crippen molar-refractivity contribution in [2.24, 2.45) is 17.8 Å². The number of rotatable bonds is 7. The number of hydrogen-bond donors (Lipinski definition) is 1. The van der Waals surface area contributed by atoms with Gasteiger partial charge >= 0.3 is 0 Å². The van der Waals surface area contributed by atoms with Crippen molar-refractivity contribution >= 4 is 74.5 Å². The monoisotopic (exact) mass is 734 g/mol. The number of fused-ring (bicyclic) bond motifs is 4. The number of nitrogens with zero attached hydrogens (tertiary/aromatic N) is 2. The number of alkyl halides is 3. The predicted octanol–water partition coefficient (Wildman–Crippen LogP) is 6.53. The summed E-state index contributed by atoms with van der Waals surface area (Å²) in [6.45, 7) is 4.02. The number of hydrogen-bond acceptors (Lipinski definition) is 6. The third-order valence-electron chi connectivity index (χ3n) is 9.96. The lowest BCUT2D eigenvalue weighted by molar-refractivity contribution is -0.138. The van der Waals surface area contributed by atoms with E-state index in [4.69, 9.17) is 27.9 Å². The molecule has 3 aromatic carbocycles. The third kappa shape index (κ3) is 4.61. The molecule has 0 radical (unpaired) electrons. The number of halogens is 3. The number of likely N-dealkylation sites (tertiary alicyclic amines) is 1. The van der Waals surface area contributed by atoms with Gasteiger partial charge in [0.1, 0.15) is 18.1 Å². The molecule has 3 aromatic rings. The quantitative estimate of drug-likeness (QED) is 0.128. The summed E-state index contributed by atoms with van der Waals surface area (Å²) in [5, 5.41) is 11.5. The predicted molar refractivity (Wildman–Crippen MR) is 181 cm³/mol. The van der Waals surface area contributed by atoms with Gasteiger partial charge in [-0.05, 0) is 48.1 Å². The zero-order valence-corrected chi connectivity index (χ0v) is 28.0. The molecule has 11 heteroatoms. The average molecular weight is 736 g/mol. The Hall–Kier alpha value is -3.92. The van der Waals surface area contributed by atoms with Crippen molar-refractivity contribution in [2.75, 3.05) is 10.4 Å². The van der Waals surface area contributed by atoms with Gasteiger partial charge in [0.15, 0.2) is 9.75 Å². The van der Waals surface area contributed by atoms with E-state index in [2.05, 4.69) is 22.5 Å². The molecule has 4 aliphatic rings. The highest BCUT2D eigenvalue weighted by molar-refractivity contribution is 9.09. The minimum Gasteiger partial charge on any atom is -0.508 e. The summed E-state index contributed by atoms with van der Waals surface area (Å²) < 4.78 is 5.91. The molecule has 2 saturated heterocycles. The fraction of sp³-hybridized carbons (Fsp3) is 0.278. The first-order chi connectivity index (χ1) is 22.5. The normalized spacial score (nSPS) is 29.7. The van der Waals surface area contributed by atoms with Crippen molar-refractivity contribution in [3.63, 3.8) is 0 Å². The van der Waals surface area contributed by atoms with Gasteiger partial charge in [-0.25, -0.2) is 0 Å². The molecule has 2 heterocycles. The minimum absolute atomic E-state index is 0.139. The van der Waals surface area contributed by atoms with E-state index < -0.39 is 51.1 Å². The Bertz CT molecular complexity index is 1870. The highest BCUT2D eigenvalue weighted by Gasteiger charge is 2.76. The Morgan fingerprint density at radius 3 is 2.34 bits per heavy atom. The van der Waals surface area contributed by atoms with E-state index in [1.165, 1.54) is 11.0 Å². The lowest BCUT2D eigenvalue weighted by Crippen LogP contribution is -2.60. The number of amides is 4. The standard InChI is InChI=1S/C36H29BrCl2N2O6/c1-2-20-8-10-22(11-9-20)41-31(43)26-15-14-24-27(29(26)32(41)44)17-35(38)33(45)40(19-37)34(46)36(35,39)30(24)25-13-12-23(16-28(25)42)47-18-21-6-4-3-5-7-21/h2-14,16,26-27,29-30,42H,1,15,17-19H2/t26-,27+,29-,30+,35+,36-/m0/s1. The first-order valence-corrected chi connectivity index (χ1v) is 17.0. The lowest BCUT2D eigenvalue weighted by Gasteiger charge is -2.50. The Kier molecular flexibility index (Phi) is 7.85. The summed E-state index contributed by atoms with van der Waals surface area (Å²) in [6, 6.07) is 21.2. The van der Waals surface area contributed by atoms with Gasteiger partial charge in [0.25, 0.3) is 11.8 Å². The van der Waals surface area contributed by atoms with Crippen LogP contribution in [0.3, 0.4) is 0 Å². The second-order valence-corrected chi connectivity index (χ2v) is 14.0. The first kappa shape index (κ1) is 31.7. The van der Waals surface area contributed by atoms with Gasteiger partial charge in [-0.3, -0.25) is 29.0 Å². The maximum Gasteiger partial charge on any atom is 0.254 e. The van der Waals surface area contributed by atoms with E-state index in [-0.39, 0.29) is 42.1 Å². The van der Waals surface area contributed by atoms with Gasteiger partial charge in [-0.1, -0.05) is 88.8 Å². The highest BCUT2D eigenvalue weighted by atomic mass is 79.9. The van der Waals surface area contributed by atoms with E-state index >= 15 is 0 Å². The van der Waals surface area contributed by atoms with E-state index in [0.717, 1.165) is 16.0 Å². The summed E-state index contributed by atoms with van der Waals surface area (Å²) in [7, 11) is 0. The molecule has 8 nitrogen and oxygen atoms in total. The Morgan fingerprint density at radius 2 is 1.68 bits per heavy atom. The topological polar surface area (TPSA) is 104 Å². The Balaban J connectivity index is 1.31. The van der Waals surface area contributed by atoms with Gasteiger partial charge in [-0.2, -0.15) is 0 Å². The van der Waals surface area contributed by atoms with E-state index in [1.54, 1.807) is 42.5 Å². The van der Waals surface area contributed by atoms with Crippen molar-refractivity contribution in [1.29, 1.82) is 0 Å². The summed E-state index contributed by atoms with van der Waals surface area (Å²) in [5.74, 6) is -5.33. The summed E-state index contributed by atoms with van der Waals surface area (Å²) in [5.41, 5.74) is 2.92. The molecule has 0 aromatic heterocycles. The Labute approximate surface area is 289 Å². The number of benzene rings is 3. The summed E-state index contributed by atoms with van der Waals surface area (Å²) >= 11 is 17.8. The van der Waals surface area contributed by atoms with Crippen LogP contribution in [0.25, 0.3) is 6.08 Å². The zero-order valence-electron chi connectivity index (χ0n) is 24.9. The smallest absolute Gasteiger partial charge is 0.254 e. The number of ether oxygens (including phenoxy) is 1. The minimum atomic E-state index is -2.02. The van der Waals surface area contributed by atoms with Crippen LogP contribution in [-0.4, -0.2) is 48.8 Å². The van der Waals surface area contributed by atoms with Crippen LogP contribution in [0.15, 0.2) is 91.0 Å². The van der Waals surface area contributed by atoms with Gasteiger partial charge in [-0.15, -0.1) is 23.2 Å². The molecule has 240 valence electrons. The van der Waals surface area contributed by atoms with Crippen LogP contribution in [0.5, 0.6) is 11.5 Å². The molecule has 1 saturated carbocycles. The molecule has 2 aliphatic carbocycles. The van der Waals surface area contributed by atoms with Crippen molar-refractivity contribution in [2.45, 2.75) is 35.1 Å². The number of phenolic OH excluding ortho intramolecular Hbond substituents is 1. The fourth-order valence-corrected chi connectivity index (χ4v) is 9.13. The van der Waals surface area contributed by atoms with Crippen LogP contribution in [0.1, 0.15) is 35.4 Å². The first-order valence-electron chi connectivity index (χ1n) is 15.1. The van der Waals surface area contributed by atoms with Crippen molar-refractivity contribution in [3.05, 3.63) is 108 Å².